The topological polar surface area (TPSA) is 79.2 Å². The van der Waals surface area contributed by atoms with Gasteiger partial charge in [-0.2, -0.15) is 25.3 Å². The van der Waals surface area contributed by atoms with Gasteiger partial charge in [0.1, 0.15) is 0 Å². The zero-order valence-corrected chi connectivity index (χ0v) is 11.0. The molecule has 0 aromatic carbocycles. The molecule has 0 aliphatic carbocycles. The van der Waals surface area contributed by atoms with Gasteiger partial charge in [0.25, 0.3) is 0 Å². The molecule has 0 spiro atoms. The minimum atomic E-state index is -1.75. The summed E-state index contributed by atoms with van der Waals surface area (Å²) in [6, 6.07) is 0. The molecule has 0 aromatic rings. The van der Waals surface area contributed by atoms with Crippen LogP contribution in [0.15, 0.2) is 0 Å². The van der Waals surface area contributed by atoms with E-state index in [1.54, 1.807) is 0 Å². The van der Waals surface area contributed by atoms with Crippen LogP contribution in [0, 0.1) is 0 Å². The number of hydrogen-bond acceptors (Lipinski definition) is 7. The molecular formula is C9H20O5S2. The molecule has 0 fully saturated rings. The molecule has 3 unspecified atom stereocenters. The highest BCUT2D eigenvalue weighted by atomic mass is 32.1. The summed E-state index contributed by atoms with van der Waals surface area (Å²) in [6.45, 7) is 1.85. The molecule has 0 aliphatic rings. The van der Waals surface area contributed by atoms with Gasteiger partial charge >= 0.3 is 0 Å². The highest BCUT2D eigenvalue weighted by Crippen LogP contribution is 2.09. The standard InChI is InChI=1S/C9H20O5S2/c1-6(10)7(5-16)14-9(8(11)12)13-3-2-4-15/h6-12,15-16H,2-5H2,1H3. The van der Waals surface area contributed by atoms with Crippen LogP contribution < -0.4 is 0 Å². The van der Waals surface area contributed by atoms with Crippen molar-refractivity contribution in [3.05, 3.63) is 0 Å². The van der Waals surface area contributed by atoms with E-state index in [9.17, 15) is 5.11 Å². The number of ether oxygens (including phenoxy) is 2. The largest absolute Gasteiger partial charge is 0.391 e. The third-order valence-electron chi connectivity index (χ3n) is 1.85. The summed E-state index contributed by atoms with van der Waals surface area (Å²) >= 11 is 7.99. The van der Waals surface area contributed by atoms with E-state index in [0.717, 1.165) is 0 Å². The number of aliphatic hydroxyl groups is 3. The number of rotatable bonds is 9. The van der Waals surface area contributed by atoms with Crippen LogP contribution in [0.25, 0.3) is 0 Å². The van der Waals surface area contributed by atoms with Crippen LogP contribution in [0.4, 0.5) is 0 Å². The fourth-order valence-corrected chi connectivity index (χ4v) is 1.46. The molecular weight excluding hydrogens is 252 g/mol. The summed E-state index contributed by atoms with van der Waals surface area (Å²) in [6.07, 6.45) is -3.61. The van der Waals surface area contributed by atoms with Gasteiger partial charge in [-0.25, -0.2) is 0 Å². The van der Waals surface area contributed by atoms with Crippen molar-refractivity contribution in [1.29, 1.82) is 0 Å². The summed E-state index contributed by atoms with van der Waals surface area (Å²) in [7, 11) is 0. The Bertz CT molecular complexity index is 168. The van der Waals surface area contributed by atoms with Crippen LogP contribution in [0.2, 0.25) is 0 Å². The van der Waals surface area contributed by atoms with Gasteiger partial charge in [0.15, 0.2) is 0 Å². The minimum absolute atomic E-state index is 0.261. The van der Waals surface area contributed by atoms with Gasteiger partial charge in [0.2, 0.25) is 12.6 Å². The van der Waals surface area contributed by atoms with Crippen molar-refractivity contribution >= 4 is 25.3 Å². The molecule has 0 bridgehead atoms. The van der Waals surface area contributed by atoms with Crippen molar-refractivity contribution in [1.82, 2.24) is 0 Å². The van der Waals surface area contributed by atoms with Crippen molar-refractivity contribution in [3.8, 4) is 0 Å². The first-order chi connectivity index (χ1) is 7.52. The quantitative estimate of drug-likeness (QED) is 0.225. The van der Waals surface area contributed by atoms with Gasteiger partial charge < -0.3 is 24.8 Å². The Morgan fingerprint density at radius 1 is 1.19 bits per heavy atom. The van der Waals surface area contributed by atoms with Crippen molar-refractivity contribution < 1.29 is 24.8 Å². The van der Waals surface area contributed by atoms with Crippen LogP contribution >= 0.6 is 25.3 Å². The van der Waals surface area contributed by atoms with E-state index in [4.69, 9.17) is 19.7 Å². The second kappa shape index (κ2) is 9.52. The van der Waals surface area contributed by atoms with E-state index in [0.29, 0.717) is 18.8 Å². The van der Waals surface area contributed by atoms with Crippen LogP contribution in [-0.4, -0.2) is 58.2 Å². The van der Waals surface area contributed by atoms with Crippen molar-refractivity contribution in [2.75, 3.05) is 18.1 Å². The number of thiol groups is 2. The van der Waals surface area contributed by atoms with Crippen molar-refractivity contribution in [3.63, 3.8) is 0 Å². The van der Waals surface area contributed by atoms with Gasteiger partial charge in [-0.1, -0.05) is 0 Å². The van der Waals surface area contributed by atoms with Crippen LogP contribution in [0.1, 0.15) is 13.3 Å². The molecule has 0 aliphatic heterocycles. The first kappa shape index (κ1) is 16.5. The SMILES string of the molecule is CC(O)C(CS)OC(OCCCS)C(O)O. The summed E-state index contributed by atoms with van der Waals surface area (Å²) in [5, 5.41) is 27.3. The molecule has 5 nitrogen and oxygen atoms in total. The second-order valence-corrected chi connectivity index (χ2v) is 4.14. The van der Waals surface area contributed by atoms with Crippen LogP contribution in [0.3, 0.4) is 0 Å². The lowest BCUT2D eigenvalue weighted by atomic mass is 10.2. The smallest absolute Gasteiger partial charge is 0.209 e. The molecule has 98 valence electrons. The highest BCUT2D eigenvalue weighted by molar-refractivity contribution is 7.80. The average Bonchev–Trinajstić information content (AvgIpc) is 2.22. The molecule has 7 heteroatoms. The van der Waals surface area contributed by atoms with Gasteiger partial charge in [0.05, 0.1) is 18.8 Å². The van der Waals surface area contributed by atoms with Gasteiger partial charge in [-0.15, -0.1) is 0 Å². The summed E-state index contributed by atoms with van der Waals surface area (Å²) in [4.78, 5) is 0. The Labute approximate surface area is 107 Å². The maximum atomic E-state index is 9.31. The molecule has 0 saturated heterocycles. The molecule has 0 rings (SSSR count). The van der Waals surface area contributed by atoms with Crippen molar-refractivity contribution in [2.45, 2.75) is 38.1 Å². The lowest BCUT2D eigenvalue weighted by molar-refractivity contribution is -0.273. The molecule has 0 amide bonds. The predicted molar refractivity (Wildman–Crippen MR) is 66.8 cm³/mol. The lowest BCUT2D eigenvalue weighted by Crippen LogP contribution is -2.40. The Kier molecular flexibility index (Phi) is 9.82. The summed E-state index contributed by atoms with van der Waals surface area (Å²) in [5.74, 6) is 0.900. The third-order valence-corrected chi connectivity index (χ3v) is 2.53. The Balaban J connectivity index is 4.09. The van der Waals surface area contributed by atoms with Crippen molar-refractivity contribution in [2.24, 2.45) is 0 Å². The first-order valence-corrected chi connectivity index (χ1v) is 6.32. The zero-order chi connectivity index (χ0) is 12.6. The molecule has 0 radical (unpaired) electrons. The monoisotopic (exact) mass is 272 g/mol. The lowest BCUT2D eigenvalue weighted by Gasteiger charge is -2.26. The van der Waals surface area contributed by atoms with E-state index in [2.05, 4.69) is 25.3 Å². The third kappa shape index (κ3) is 6.95. The van der Waals surface area contributed by atoms with E-state index >= 15 is 0 Å². The Morgan fingerprint density at radius 3 is 2.19 bits per heavy atom. The summed E-state index contributed by atoms with van der Waals surface area (Å²) < 4.78 is 10.3. The second-order valence-electron chi connectivity index (χ2n) is 3.33. The highest BCUT2D eigenvalue weighted by Gasteiger charge is 2.24. The van der Waals surface area contributed by atoms with Gasteiger partial charge in [-0.3, -0.25) is 0 Å². The average molecular weight is 272 g/mol. The van der Waals surface area contributed by atoms with E-state index < -0.39 is 24.8 Å². The summed E-state index contributed by atoms with van der Waals surface area (Å²) in [5.41, 5.74) is 0. The molecule has 3 N–H and O–H groups in total. The normalized spacial score (nSPS) is 17.4. The van der Waals surface area contributed by atoms with E-state index in [1.807, 2.05) is 0 Å². The van der Waals surface area contributed by atoms with Gasteiger partial charge in [-0.05, 0) is 19.1 Å². The predicted octanol–water partition coefficient (Wildman–Crippen LogP) is -0.345. The first-order valence-electron chi connectivity index (χ1n) is 5.06. The maximum Gasteiger partial charge on any atom is 0.209 e. The maximum absolute atomic E-state index is 9.31. The molecule has 3 atom stereocenters. The number of aliphatic hydroxyl groups excluding tert-OH is 2. The van der Waals surface area contributed by atoms with Gasteiger partial charge in [0, 0.05) is 5.75 Å². The van der Waals surface area contributed by atoms with E-state index in [1.165, 1.54) is 6.92 Å². The Hall–Kier alpha value is 0.500. The van der Waals surface area contributed by atoms with Crippen LogP contribution in [-0.2, 0) is 9.47 Å². The fraction of sp³-hybridized carbons (Fsp3) is 1.00. The number of hydrogen-bond donors (Lipinski definition) is 5. The fourth-order valence-electron chi connectivity index (χ4n) is 0.941. The molecule has 16 heavy (non-hydrogen) atoms. The molecule has 0 aromatic heterocycles. The minimum Gasteiger partial charge on any atom is -0.391 e. The Morgan fingerprint density at radius 2 is 1.81 bits per heavy atom. The van der Waals surface area contributed by atoms with Crippen LogP contribution in [0.5, 0.6) is 0 Å². The zero-order valence-electron chi connectivity index (χ0n) is 9.19. The van der Waals surface area contributed by atoms with E-state index in [-0.39, 0.29) is 5.75 Å². The molecule has 0 saturated carbocycles. The molecule has 0 heterocycles.